The highest BCUT2D eigenvalue weighted by Gasteiger charge is 2.32. The summed E-state index contributed by atoms with van der Waals surface area (Å²) in [6, 6.07) is 11.3. The highest BCUT2D eigenvalue weighted by atomic mass is 16.6. The number of amides is 2. The number of hydrogen-bond acceptors (Lipinski definition) is 10. The molecule has 0 aliphatic carbocycles. The minimum absolute atomic E-state index is 0.0817. The number of likely N-dealkylation sites (N-methyl/N-ethyl adjacent to an activating group) is 1. The van der Waals surface area contributed by atoms with Crippen LogP contribution in [0.25, 0.3) is 11.1 Å². The Balaban J connectivity index is 2.08. The topological polar surface area (TPSA) is 235 Å². The highest BCUT2D eigenvalue weighted by Crippen LogP contribution is 2.35. The number of benzene rings is 2. The van der Waals surface area contributed by atoms with Crippen LogP contribution < -0.4 is 43.8 Å². The van der Waals surface area contributed by atoms with Crippen LogP contribution in [-0.2, 0) is 11.3 Å². The van der Waals surface area contributed by atoms with Crippen molar-refractivity contribution < 1.29 is 14.5 Å². The second-order valence-corrected chi connectivity index (χ2v) is 9.56. The van der Waals surface area contributed by atoms with E-state index < -0.39 is 51.8 Å². The molecule has 17 nitrogen and oxygen atoms in total. The fourth-order valence-electron chi connectivity index (χ4n) is 4.85. The fourth-order valence-corrected chi connectivity index (χ4v) is 4.85. The monoisotopic (exact) mass is 619 g/mol. The largest absolute Gasteiger partial charge is 0.374 e. The molecule has 0 unspecified atom stereocenters. The molecule has 45 heavy (non-hydrogen) atoms. The van der Waals surface area contributed by atoms with E-state index >= 15 is 0 Å². The van der Waals surface area contributed by atoms with E-state index in [2.05, 4.69) is 31.2 Å². The van der Waals surface area contributed by atoms with E-state index in [9.17, 15) is 38.9 Å². The van der Waals surface area contributed by atoms with Gasteiger partial charge in [0.15, 0.2) is 0 Å². The number of aromatic nitrogens is 4. The normalized spacial score (nSPS) is 11.4. The number of nitro benzene ring substituents is 1. The third-order valence-corrected chi connectivity index (χ3v) is 7.09. The summed E-state index contributed by atoms with van der Waals surface area (Å²) in [6.45, 7) is -0.638. The summed E-state index contributed by atoms with van der Waals surface area (Å²) < 4.78 is 0.997. The van der Waals surface area contributed by atoms with Gasteiger partial charge in [0.05, 0.1) is 22.0 Å². The summed E-state index contributed by atoms with van der Waals surface area (Å²) in [7, 11) is 5.41. The summed E-state index contributed by atoms with van der Waals surface area (Å²) in [4.78, 5) is 94.0. The van der Waals surface area contributed by atoms with Crippen molar-refractivity contribution in [2.24, 2.45) is 0 Å². The molecule has 2 heterocycles. The van der Waals surface area contributed by atoms with E-state index in [0.717, 1.165) is 0 Å². The number of rotatable bonds is 9. The Hall–Kier alpha value is -6.26. The van der Waals surface area contributed by atoms with Gasteiger partial charge in [-0.2, -0.15) is 4.57 Å². The molecule has 4 aromatic rings. The molecule has 0 aliphatic rings. The molecule has 2 amide bonds. The summed E-state index contributed by atoms with van der Waals surface area (Å²) in [5.41, 5.74) is -2.83. The zero-order valence-corrected chi connectivity index (χ0v) is 24.5. The molecule has 0 aliphatic heterocycles. The number of anilines is 2. The van der Waals surface area contributed by atoms with E-state index in [-0.39, 0.29) is 28.5 Å². The van der Waals surface area contributed by atoms with Crippen LogP contribution in [0, 0.1) is 10.1 Å². The quantitative estimate of drug-likeness (QED) is 0.110. The van der Waals surface area contributed by atoms with Gasteiger partial charge in [-0.1, -0.05) is 24.3 Å². The van der Waals surface area contributed by atoms with Crippen molar-refractivity contribution in [3.05, 3.63) is 117 Å². The van der Waals surface area contributed by atoms with Crippen molar-refractivity contribution in [2.45, 2.75) is 12.5 Å². The molecule has 0 saturated heterocycles. The summed E-state index contributed by atoms with van der Waals surface area (Å²) in [6.07, 6.45) is 0. The zero-order valence-electron chi connectivity index (χ0n) is 24.5. The van der Waals surface area contributed by atoms with Crippen molar-refractivity contribution in [3.8, 4) is 11.1 Å². The fraction of sp³-hybridized carbons (Fsp3) is 0.214. The van der Waals surface area contributed by atoms with Crippen LogP contribution in [0.2, 0.25) is 0 Å². The lowest BCUT2D eigenvalue weighted by molar-refractivity contribution is -0.384. The van der Waals surface area contributed by atoms with Gasteiger partial charge < -0.3 is 21.3 Å². The number of nitrogens with one attached hydrogen (secondary N) is 6. The zero-order chi connectivity index (χ0) is 33.0. The SMILES string of the molecule is CNC(=O)Cn1c(=O)[nH]c(NC)c([C@H](c2ccc(-c3ccc([N+](=O)[O-])cc3)cc2)c2c(NC)[nH]c(=O)n(C(=O)NC)c2=O)c1=O. The Morgan fingerprint density at radius 3 is 1.78 bits per heavy atom. The molecule has 4 rings (SSSR count). The first-order valence-electron chi connectivity index (χ1n) is 13.4. The maximum atomic E-state index is 14.0. The van der Waals surface area contributed by atoms with Gasteiger partial charge in [-0.15, -0.1) is 0 Å². The standard InChI is InChI=1S/C28H29N9O8/c1-29-18(38)13-35-24(39)20(22(30-2)33-27(35)42)19(21-23(31-3)34-28(43)36(25(21)40)26(41)32-4)16-7-5-14(6-8-16)15-9-11-17(12-10-15)37(44)45/h5-12,19,30-31H,13H2,1-4H3,(H,29,38)(H,32,41)(H,33,42)(H,34,43)/t19-/m0/s1. The number of non-ortho nitro benzene ring substituents is 1. The Morgan fingerprint density at radius 2 is 1.29 bits per heavy atom. The van der Waals surface area contributed by atoms with Crippen LogP contribution in [0.4, 0.5) is 22.1 Å². The van der Waals surface area contributed by atoms with Gasteiger partial charge in [0.2, 0.25) is 5.91 Å². The molecule has 2 aromatic heterocycles. The summed E-state index contributed by atoms with van der Waals surface area (Å²) in [5.74, 6) is -2.17. The van der Waals surface area contributed by atoms with Crippen molar-refractivity contribution in [1.29, 1.82) is 0 Å². The van der Waals surface area contributed by atoms with Crippen molar-refractivity contribution in [3.63, 3.8) is 0 Å². The van der Waals surface area contributed by atoms with Gasteiger partial charge in [-0.3, -0.25) is 39.0 Å². The molecule has 0 fully saturated rings. The number of hydrogen-bond donors (Lipinski definition) is 6. The number of carbonyl (C=O) groups excluding carboxylic acids is 2. The number of H-pyrrole nitrogens is 2. The van der Waals surface area contributed by atoms with Crippen LogP contribution in [0.15, 0.2) is 67.7 Å². The Kier molecular flexibility index (Phi) is 9.11. The van der Waals surface area contributed by atoms with Gasteiger partial charge in [0.1, 0.15) is 18.2 Å². The predicted octanol–water partition coefficient (Wildman–Crippen LogP) is 0.159. The lowest BCUT2D eigenvalue weighted by Gasteiger charge is -2.23. The molecular weight excluding hydrogens is 590 g/mol. The average Bonchev–Trinajstić information content (AvgIpc) is 3.04. The third kappa shape index (κ3) is 5.99. The van der Waals surface area contributed by atoms with Crippen LogP contribution in [0.5, 0.6) is 0 Å². The number of nitrogens with zero attached hydrogens (tertiary/aromatic N) is 3. The lowest BCUT2D eigenvalue weighted by atomic mass is 9.85. The van der Waals surface area contributed by atoms with E-state index in [1.807, 2.05) is 0 Å². The molecular formula is C28H29N9O8. The summed E-state index contributed by atoms with van der Waals surface area (Å²) in [5, 5.41) is 21.1. The van der Waals surface area contributed by atoms with Gasteiger partial charge >= 0.3 is 17.4 Å². The van der Waals surface area contributed by atoms with Gasteiger partial charge in [0.25, 0.3) is 16.8 Å². The van der Waals surface area contributed by atoms with E-state index in [1.165, 1.54) is 40.3 Å². The number of carbonyl (C=O) groups is 2. The molecule has 0 bridgehead atoms. The molecule has 0 saturated carbocycles. The first-order valence-corrected chi connectivity index (χ1v) is 13.4. The molecule has 0 spiro atoms. The smallest absolute Gasteiger partial charge is 0.338 e. The molecule has 0 radical (unpaired) electrons. The Labute approximate surface area is 253 Å². The van der Waals surface area contributed by atoms with Crippen LogP contribution in [0.1, 0.15) is 22.6 Å². The molecule has 6 N–H and O–H groups in total. The van der Waals surface area contributed by atoms with Crippen LogP contribution in [-0.4, -0.2) is 64.2 Å². The summed E-state index contributed by atoms with van der Waals surface area (Å²) >= 11 is 0. The second-order valence-electron chi connectivity index (χ2n) is 9.56. The average molecular weight is 620 g/mol. The number of nitro groups is 1. The maximum Gasteiger partial charge on any atom is 0.338 e. The first kappa shape index (κ1) is 31.7. The Bertz CT molecular complexity index is 2020. The van der Waals surface area contributed by atoms with Gasteiger partial charge in [-0.25, -0.2) is 14.4 Å². The van der Waals surface area contributed by atoms with Gasteiger partial charge in [-0.05, 0) is 28.8 Å². The van der Waals surface area contributed by atoms with E-state index in [4.69, 9.17) is 0 Å². The van der Waals surface area contributed by atoms with Crippen LogP contribution in [0.3, 0.4) is 0 Å². The second kappa shape index (κ2) is 12.9. The van der Waals surface area contributed by atoms with Crippen molar-refractivity contribution in [1.82, 2.24) is 29.7 Å². The maximum absolute atomic E-state index is 14.0. The van der Waals surface area contributed by atoms with E-state index in [0.29, 0.717) is 25.8 Å². The highest BCUT2D eigenvalue weighted by molar-refractivity contribution is 5.77. The predicted molar refractivity (Wildman–Crippen MR) is 165 cm³/mol. The van der Waals surface area contributed by atoms with E-state index in [1.54, 1.807) is 36.4 Å². The first-order chi connectivity index (χ1) is 21.5. The van der Waals surface area contributed by atoms with Gasteiger partial charge in [0, 0.05) is 40.3 Å². The lowest BCUT2D eigenvalue weighted by Crippen LogP contribution is -2.47. The van der Waals surface area contributed by atoms with Crippen LogP contribution >= 0.6 is 0 Å². The minimum atomic E-state index is -1.33. The molecule has 234 valence electrons. The molecule has 1 atom stereocenters. The minimum Gasteiger partial charge on any atom is -0.374 e. The number of aromatic amines is 2. The molecule has 17 heteroatoms. The third-order valence-electron chi connectivity index (χ3n) is 7.09. The molecule has 2 aromatic carbocycles. The Morgan fingerprint density at radius 1 is 0.778 bits per heavy atom. The van der Waals surface area contributed by atoms with Crippen molar-refractivity contribution in [2.75, 3.05) is 38.8 Å². The van der Waals surface area contributed by atoms with Crippen molar-refractivity contribution >= 4 is 29.3 Å².